The molecule has 2 aliphatic rings. The molecule has 0 saturated heterocycles. The lowest BCUT2D eigenvalue weighted by molar-refractivity contribution is -0.0172. The molecule has 0 bridgehead atoms. The molecule has 5 nitrogen and oxygen atoms in total. The van der Waals surface area contributed by atoms with Gasteiger partial charge in [-0.05, 0) is 43.9 Å². The quantitative estimate of drug-likeness (QED) is 0.306. The Balaban J connectivity index is 0.00000225. The van der Waals surface area contributed by atoms with Gasteiger partial charge in [-0.3, -0.25) is 4.99 Å². The standard InChI is InChI=1S/C18H24FN3O2.HI/c1-2-20-18(22-16-5-3-4-6-16)21-8-7-13-9-15(19)10-14-11-23-12-24-17(13)14;/h3-4,9-10,16H,2,5-8,11-12H2,1H3,(H2,20,21,22);1H. The second-order valence-electron chi connectivity index (χ2n) is 5.96. The highest BCUT2D eigenvalue weighted by molar-refractivity contribution is 14.0. The van der Waals surface area contributed by atoms with Crippen molar-refractivity contribution in [3.05, 3.63) is 41.2 Å². The molecule has 0 atom stereocenters. The lowest BCUT2D eigenvalue weighted by atomic mass is 10.1. The van der Waals surface area contributed by atoms with Crippen molar-refractivity contribution in [3.8, 4) is 5.75 Å². The minimum absolute atomic E-state index is 0. The van der Waals surface area contributed by atoms with Crippen molar-refractivity contribution in [1.29, 1.82) is 0 Å². The van der Waals surface area contributed by atoms with Gasteiger partial charge in [0.15, 0.2) is 12.8 Å². The molecule has 0 saturated carbocycles. The minimum atomic E-state index is -0.260. The van der Waals surface area contributed by atoms with Crippen LogP contribution in [0.2, 0.25) is 0 Å². The number of aliphatic imine (C=N–C) groups is 1. The van der Waals surface area contributed by atoms with Crippen molar-refractivity contribution in [1.82, 2.24) is 10.6 Å². The molecule has 7 heteroatoms. The second kappa shape index (κ2) is 9.96. The number of ether oxygens (including phenoxy) is 2. The van der Waals surface area contributed by atoms with Gasteiger partial charge in [0.05, 0.1) is 6.61 Å². The molecule has 3 rings (SSSR count). The van der Waals surface area contributed by atoms with Crippen LogP contribution >= 0.6 is 24.0 Å². The van der Waals surface area contributed by atoms with Gasteiger partial charge in [-0.1, -0.05) is 12.2 Å². The van der Waals surface area contributed by atoms with Gasteiger partial charge in [0, 0.05) is 24.7 Å². The Bertz CT molecular complexity index is 629. The van der Waals surface area contributed by atoms with Gasteiger partial charge in [0.1, 0.15) is 11.6 Å². The Morgan fingerprint density at radius 1 is 1.32 bits per heavy atom. The van der Waals surface area contributed by atoms with Crippen LogP contribution in [-0.2, 0) is 17.8 Å². The third kappa shape index (κ3) is 5.57. The molecule has 0 unspecified atom stereocenters. The zero-order valence-corrected chi connectivity index (χ0v) is 16.7. The summed E-state index contributed by atoms with van der Waals surface area (Å²) in [6.45, 7) is 4.02. The third-order valence-electron chi connectivity index (χ3n) is 4.10. The summed E-state index contributed by atoms with van der Waals surface area (Å²) >= 11 is 0. The molecule has 25 heavy (non-hydrogen) atoms. The van der Waals surface area contributed by atoms with Crippen molar-refractivity contribution >= 4 is 29.9 Å². The molecule has 2 N–H and O–H groups in total. The zero-order chi connectivity index (χ0) is 16.8. The number of halogens is 2. The molecule has 0 fully saturated rings. The van der Waals surface area contributed by atoms with Gasteiger partial charge >= 0.3 is 0 Å². The van der Waals surface area contributed by atoms with E-state index in [2.05, 4.69) is 27.8 Å². The smallest absolute Gasteiger partial charge is 0.191 e. The first-order chi connectivity index (χ1) is 11.8. The van der Waals surface area contributed by atoms with E-state index in [1.807, 2.05) is 6.92 Å². The molecular weight excluding hydrogens is 436 g/mol. The number of benzene rings is 1. The Kier molecular flexibility index (Phi) is 7.95. The number of hydrogen-bond acceptors (Lipinski definition) is 3. The molecule has 0 radical (unpaired) electrons. The maximum atomic E-state index is 13.8. The van der Waals surface area contributed by atoms with Crippen molar-refractivity contribution < 1.29 is 13.9 Å². The SMILES string of the molecule is CCNC(=NCCc1cc(F)cc2c1OCOC2)NC1CC=CC1.I. The maximum absolute atomic E-state index is 13.8. The summed E-state index contributed by atoms with van der Waals surface area (Å²) in [5.41, 5.74) is 1.61. The van der Waals surface area contributed by atoms with E-state index in [9.17, 15) is 4.39 Å². The van der Waals surface area contributed by atoms with Crippen molar-refractivity contribution in [2.75, 3.05) is 19.9 Å². The predicted molar refractivity (Wildman–Crippen MR) is 107 cm³/mol. The van der Waals surface area contributed by atoms with Crippen LogP contribution in [0.15, 0.2) is 29.3 Å². The van der Waals surface area contributed by atoms with Crippen LogP contribution < -0.4 is 15.4 Å². The highest BCUT2D eigenvalue weighted by atomic mass is 127. The predicted octanol–water partition coefficient (Wildman–Crippen LogP) is 3.13. The lowest BCUT2D eigenvalue weighted by Crippen LogP contribution is -2.42. The van der Waals surface area contributed by atoms with Crippen LogP contribution in [-0.4, -0.2) is 31.9 Å². The van der Waals surface area contributed by atoms with Crippen molar-refractivity contribution in [3.63, 3.8) is 0 Å². The summed E-state index contributed by atoms with van der Waals surface area (Å²) in [7, 11) is 0. The normalized spacial score (nSPS) is 16.8. The fraction of sp³-hybridized carbons (Fsp3) is 0.500. The van der Waals surface area contributed by atoms with Gasteiger partial charge in [0.2, 0.25) is 0 Å². The summed E-state index contributed by atoms with van der Waals surface area (Å²) in [5, 5.41) is 6.68. The minimum Gasteiger partial charge on any atom is -0.467 e. The molecule has 1 aliphatic heterocycles. The summed E-state index contributed by atoms with van der Waals surface area (Å²) in [4.78, 5) is 4.61. The molecule has 0 aromatic heterocycles. The summed E-state index contributed by atoms with van der Waals surface area (Å²) in [6.07, 6.45) is 7.03. The Morgan fingerprint density at radius 3 is 2.88 bits per heavy atom. The number of rotatable bonds is 5. The highest BCUT2D eigenvalue weighted by Gasteiger charge is 2.17. The largest absolute Gasteiger partial charge is 0.467 e. The first-order valence-corrected chi connectivity index (χ1v) is 8.48. The Morgan fingerprint density at radius 2 is 2.12 bits per heavy atom. The number of fused-ring (bicyclic) bond motifs is 1. The van der Waals surface area contributed by atoms with Gasteiger partial charge in [-0.2, -0.15) is 0 Å². The van der Waals surface area contributed by atoms with Gasteiger partial charge < -0.3 is 20.1 Å². The number of guanidine groups is 1. The van der Waals surface area contributed by atoms with Crippen LogP contribution in [0.5, 0.6) is 5.75 Å². The fourth-order valence-corrected chi connectivity index (χ4v) is 2.98. The first kappa shape index (κ1) is 20.0. The van der Waals surface area contributed by atoms with E-state index >= 15 is 0 Å². The number of nitrogens with one attached hydrogen (secondary N) is 2. The molecule has 0 spiro atoms. The van der Waals surface area contributed by atoms with Gasteiger partial charge in [-0.15, -0.1) is 24.0 Å². The summed E-state index contributed by atoms with van der Waals surface area (Å²) in [6, 6.07) is 3.41. The zero-order valence-electron chi connectivity index (χ0n) is 14.4. The van der Waals surface area contributed by atoms with Crippen molar-refractivity contribution in [2.24, 2.45) is 4.99 Å². The molecule has 1 aliphatic carbocycles. The molecule has 0 amide bonds. The van der Waals surface area contributed by atoms with Gasteiger partial charge in [-0.25, -0.2) is 4.39 Å². The summed E-state index contributed by atoms with van der Waals surface area (Å²) in [5.74, 6) is 1.29. The van der Waals surface area contributed by atoms with E-state index in [-0.39, 0.29) is 36.6 Å². The second-order valence-corrected chi connectivity index (χ2v) is 5.96. The summed E-state index contributed by atoms with van der Waals surface area (Å²) < 4.78 is 24.5. The highest BCUT2D eigenvalue weighted by Crippen LogP contribution is 2.29. The van der Waals surface area contributed by atoms with E-state index in [4.69, 9.17) is 9.47 Å². The van der Waals surface area contributed by atoms with Crippen LogP contribution in [0, 0.1) is 5.82 Å². The third-order valence-corrected chi connectivity index (χ3v) is 4.10. The Hall–Kier alpha value is -1.35. The lowest BCUT2D eigenvalue weighted by Gasteiger charge is -2.21. The van der Waals surface area contributed by atoms with E-state index < -0.39 is 0 Å². The topological polar surface area (TPSA) is 54.9 Å². The van der Waals surface area contributed by atoms with Crippen LogP contribution in [0.4, 0.5) is 4.39 Å². The fourth-order valence-electron chi connectivity index (χ4n) is 2.98. The van der Waals surface area contributed by atoms with E-state index in [0.29, 0.717) is 25.6 Å². The van der Waals surface area contributed by atoms with Crippen LogP contribution in [0.3, 0.4) is 0 Å². The average molecular weight is 461 g/mol. The number of hydrogen-bond donors (Lipinski definition) is 2. The molecule has 1 aromatic carbocycles. The Labute approximate surface area is 165 Å². The maximum Gasteiger partial charge on any atom is 0.191 e. The van der Waals surface area contributed by atoms with Crippen LogP contribution in [0.25, 0.3) is 0 Å². The first-order valence-electron chi connectivity index (χ1n) is 8.48. The van der Waals surface area contributed by atoms with Gasteiger partial charge in [0.25, 0.3) is 0 Å². The average Bonchev–Trinajstić information content (AvgIpc) is 3.08. The van der Waals surface area contributed by atoms with E-state index in [0.717, 1.165) is 42.2 Å². The molecule has 138 valence electrons. The van der Waals surface area contributed by atoms with E-state index in [1.165, 1.54) is 12.1 Å². The molecular formula is C18H25FIN3O2. The molecule has 1 heterocycles. The van der Waals surface area contributed by atoms with E-state index in [1.54, 1.807) is 0 Å². The van der Waals surface area contributed by atoms with Crippen LogP contribution in [0.1, 0.15) is 30.9 Å². The molecule has 1 aromatic rings. The monoisotopic (exact) mass is 461 g/mol. The number of nitrogens with zero attached hydrogens (tertiary/aromatic N) is 1. The van der Waals surface area contributed by atoms with Crippen molar-refractivity contribution in [2.45, 2.75) is 38.8 Å².